The van der Waals surface area contributed by atoms with E-state index in [4.69, 9.17) is 9.47 Å². The molecule has 1 heterocycles. The normalized spacial score (nSPS) is 13.7. The molecule has 0 amide bonds. The summed E-state index contributed by atoms with van der Waals surface area (Å²) in [6.45, 7) is 0.675. The summed E-state index contributed by atoms with van der Waals surface area (Å²) < 4.78 is 24.8. The molecule has 0 saturated carbocycles. The number of thioether (sulfide) groups is 1. The Morgan fingerprint density at radius 1 is 1.22 bits per heavy atom. The zero-order chi connectivity index (χ0) is 19.2. The number of para-hydroxylation sites is 2. The Kier molecular flexibility index (Phi) is 6.34. The molecule has 0 bridgehead atoms. The Labute approximate surface area is 162 Å². The van der Waals surface area contributed by atoms with E-state index in [0.717, 1.165) is 23.0 Å². The van der Waals surface area contributed by atoms with E-state index in [2.05, 4.69) is 4.99 Å². The number of hydrogen-bond donors (Lipinski definition) is 0. The predicted octanol–water partition coefficient (Wildman–Crippen LogP) is 4.03. The largest absolute Gasteiger partial charge is 0.497 e. The number of carbonyl (C=O) groups is 1. The van der Waals surface area contributed by atoms with Gasteiger partial charge in [-0.25, -0.2) is 4.39 Å². The number of carbonyl (C=O) groups excluding carboxylic acids is 1. The number of halogens is 1. The number of methoxy groups -OCH3 is 2. The van der Waals surface area contributed by atoms with Crippen LogP contribution >= 0.6 is 11.8 Å². The zero-order valence-corrected chi connectivity index (χ0v) is 16.1. The number of hydrogen-bond acceptors (Lipinski definition) is 6. The van der Waals surface area contributed by atoms with Crippen molar-refractivity contribution in [2.45, 2.75) is 6.42 Å². The van der Waals surface area contributed by atoms with E-state index in [0.29, 0.717) is 18.0 Å². The second-order valence-electron chi connectivity index (χ2n) is 5.89. The first-order chi connectivity index (χ1) is 13.1. The summed E-state index contributed by atoms with van der Waals surface area (Å²) in [6.07, 6.45) is 0.995. The maximum absolute atomic E-state index is 14.3. The fourth-order valence-electron chi connectivity index (χ4n) is 2.80. The highest BCUT2D eigenvalue weighted by molar-refractivity contribution is 8.14. The number of amidine groups is 1. The van der Waals surface area contributed by atoms with Crippen LogP contribution in [0.15, 0.2) is 47.5 Å². The first-order valence-electron chi connectivity index (χ1n) is 8.58. The third-order valence-electron chi connectivity index (χ3n) is 4.17. The number of ether oxygens (including phenoxy) is 2. The minimum Gasteiger partial charge on any atom is -0.497 e. The van der Waals surface area contributed by atoms with Gasteiger partial charge in [0.15, 0.2) is 11.0 Å². The Hall–Kier alpha value is -2.54. The molecule has 0 aliphatic carbocycles. The molecule has 2 aromatic rings. The van der Waals surface area contributed by atoms with Crippen molar-refractivity contribution in [1.82, 2.24) is 0 Å². The number of ketones is 1. The fraction of sp³-hybridized carbons (Fsp3) is 0.300. The molecule has 1 aliphatic heterocycles. The lowest BCUT2D eigenvalue weighted by Crippen LogP contribution is -2.36. The lowest BCUT2D eigenvalue weighted by Gasteiger charge is -2.28. The van der Waals surface area contributed by atoms with Crippen molar-refractivity contribution in [3.05, 3.63) is 53.8 Å². The maximum Gasteiger partial charge on any atom is 0.185 e. The average molecular weight is 388 g/mol. The minimum absolute atomic E-state index is 0.0251. The quantitative estimate of drug-likeness (QED) is 0.700. The molecule has 0 N–H and O–H groups in total. The molecule has 3 rings (SSSR count). The van der Waals surface area contributed by atoms with Gasteiger partial charge in [-0.3, -0.25) is 9.79 Å². The van der Waals surface area contributed by atoms with Crippen LogP contribution < -0.4 is 14.4 Å². The van der Waals surface area contributed by atoms with Gasteiger partial charge in [0.2, 0.25) is 0 Å². The third kappa shape index (κ3) is 4.42. The van der Waals surface area contributed by atoms with Crippen LogP contribution in [-0.2, 0) is 0 Å². The van der Waals surface area contributed by atoms with Crippen molar-refractivity contribution in [2.24, 2.45) is 4.99 Å². The number of Topliss-reactive ketones (excluding diaryl/α,β-unsaturated/α-hetero) is 1. The number of rotatable bonds is 6. The fourth-order valence-corrected chi connectivity index (χ4v) is 3.76. The molecule has 7 heteroatoms. The van der Waals surface area contributed by atoms with E-state index in [1.165, 1.54) is 19.2 Å². The molecule has 0 unspecified atom stereocenters. The third-order valence-corrected chi connectivity index (χ3v) is 5.27. The summed E-state index contributed by atoms with van der Waals surface area (Å²) in [5.74, 6) is 0.995. The smallest absolute Gasteiger partial charge is 0.185 e. The second kappa shape index (κ2) is 8.90. The molecule has 2 aromatic carbocycles. The Morgan fingerprint density at radius 3 is 2.70 bits per heavy atom. The number of aliphatic imine (C=N–C) groups is 1. The molecule has 5 nitrogen and oxygen atoms in total. The topological polar surface area (TPSA) is 51.1 Å². The van der Waals surface area contributed by atoms with Crippen molar-refractivity contribution in [3.63, 3.8) is 0 Å². The number of benzene rings is 2. The van der Waals surface area contributed by atoms with Crippen molar-refractivity contribution < 1.29 is 18.7 Å². The molecule has 0 fully saturated rings. The Balaban J connectivity index is 1.94. The van der Waals surface area contributed by atoms with Crippen LogP contribution in [0, 0.1) is 5.82 Å². The van der Waals surface area contributed by atoms with Crippen LogP contribution in [0.5, 0.6) is 11.5 Å². The number of nitrogens with zero attached hydrogens (tertiary/aromatic N) is 2. The van der Waals surface area contributed by atoms with E-state index in [-0.39, 0.29) is 17.9 Å². The van der Waals surface area contributed by atoms with Gasteiger partial charge in [-0.2, -0.15) is 0 Å². The van der Waals surface area contributed by atoms with E-state index < -0.39 is 5.82 Å². The van der Waals surface area contributed by atoms with Gasteiger partial charge in [-0.05, 0) is 30.7 Å². The van der Waals surface area contributed by atoms with Crippen molar-refractivity contribution in [2.75, 3.05) is 38.0 Å². The molecule has 142 valence electrons. The monoisotopic (exact) mass is 388 g/mol. The van der Waals surface area contributed by atoms with Crippen LogP contribution in [0.2, 0.25) is 0 Å². The standard InChI is InChI=1S/C20H21FN2O3S/c1-25-14-8-9-15(16(21)12-14)18(24)13-23(20-22-10-5-11-27-20)17-6-3-4-7-19(17)26-2/h3-4,6-9,12H,5,10-11,13H2,1-2H3. The second-order valence-corrected chi connectivity index (χ2v) is 6.96. The SMILES string of the molecule is COc1ccc(C(=O)CN(C2=NCCCS2)c2ccccc2OC)c(F)c1. The van der Waals surface area contributed by atoms with Gasteiger partial charge in [-0.15, -0.1) is 0 Å². The van der Waals surface area contributed by atoms with Crippen LogP contribution in [0.4, 0.5) is 10.1 Å². The van der Waals surface area contributed by atoms with E-state index >= 15 is 0 Å². The Bertz CT molecular complexity index is 857. The molecular weight excluding hydrogens is 367 g/mol. The molecule has 0 spiro atoms. The summed E-state index contributed by atoms with van der Waals surface area (Å²) >= 11 is 1.59. The van der Waals surface area contributed by atoms with Gasteiger partial charge in [0, 0.05) is 18.4 Å². The van der Waals surface area contributed by atoms with Gasteiger partial charge < -0.3 is 14.4 Å². The van der Waals surface area contributed by atoms with Crippen molar-refractivity contribution in [3.8, 4) is 11.5 Å². The summed E-state index contributed by atoms with van der Waals surface area (Å²) in [4.78, 5) is 19.2. The summed E-state index contributed by atoms with van der Waals surface area (Å²) in [5, 5.41) is 0.744. The molecule has 27 heavy (non-hydrogen) atoms. The van der Waals surface area contributed by atoms with Crippen LogP contribution in [0.3, 0.4) is 0 Å². The highest BCUT2D eigenvalue weighted by Crippen LogP contribution is 2.31. The van der Waals surface area contributed by atoms with Crippen molar-refractivity contribution in [1.29, 1.82) is 0 Å². The molecule has 0 saturated heterocycles. The molecular formula is C20H21FN2O3S. The maximum atomic E-state index is 14.3. The minimum atomic E-state index is -0.599. The van der Waals surface area contributed by atoms with Crippen LogP contribution in [0.1, 0.15) is 16.8 Å². The van der Waals surface area contributed by atoms with Gasteiger partial charge in [0.25, 0.3) is 0 Å². The first kappa shape index (κ1) is 19.2. The van der Waals surface area contributed by atoms with Gasteiger partial charge in [0.05, 0.1) is 32.0 Å². The summed E-state index contributed by atoms with van der Waals surface area (Å²) in [5.41, 5.74) is 0.757. The summed E-state index contributed by atoms with van der Waals surface area (Å²) in [6, 6.07) is 11.7. The predicted molar refractivity (Wildman–Crippen MR) is 107 cm³/mol. The van der Waals surface area contributed by atoms with Crippen LogP contribution in [-0.4, -0.2) is 44.0 Å². The zero-order valence-electron chi connectivity index (χ0n) is 15.3. The van der Waals surface area contributed by atoms with Gasteiger partial charge in [-0.1, -0.05) is 23.9 Å². The van der Waals surface area contributed by atoms with Crippen LogP contribution in [0.25, 0.3) is 0 Å². The molecule has 1 aliphatic rings. The molecule has 0 aromatic heterocycles. The Morgan fingerprint density at radius 2 is 2.04 bits per heavy atom. The average Bonchev–Trinajstić information content (AvgIpc) is 2.72. The molecule has 0 radical (unpaired) electrons. The van der Waals surface area contributed by atoms with E-state index in [1.54, 1.807) is 29.8 Å². The van der Waals surface area contributed by atoms with E-state index in [1.807, 2.05) is 24.3 Å². The molecule has 0 atom stereocenters. The lowest BCUT2D eigenvalue weighted by molar-refractivity contribution is 0.0998. The summed E-state index contributed by atoms with van der Waals surface area (Å²) in [7, 11) is 3.04. The number of anilines is 1. The lowest BCUT2D eigenvalue weighted by atomic mass is 10.1. The highest BCUT2D eigenvalue weighted by Gasteiger charge is 2.24. The van der Waals surface area contributed by atoms with Crippen molar-refractivity contribution >= 4 is 28.4 Å². The highest BCUT2D eigenvalue weighted by atomic mass is 32.2. The van der Waals surface area contributed by atoms with Gasteiger partial charge in [0.1, 0.15) is 17.3 Å². The van der Waals surface area contributed by atoms with Gasteiger partial charge >= 0.3 is 0 Å². The first-order valence-corrected chi connectivity index (χ1v) is 9.57. The van der Waals surface area contributed by atoms with E-state index in [9.17, 15) is 9.18 Å².